The number of nitrogens with zero attached hydrogens (tertiary/aromatic N) is 6. The van der Waals surface area contributed by atoms with Gasteiger partial charge in [-0.2, -0.15) is 10.4 Å². The highest BCUT2D eigenvalue weighted by molar-refractivity contribution is 7.92. The molecule has 0 fully saturated rings. The Balaban J connectivity index is 1.70. The first kappa shape index (κ1) is 24.9. The highest BCUT2D eigenvalue weighted by Crippen LogP contribution is 2.34. The predicted molar refractivity (Wildman–Crippen MR) is 131 cm³/mol. The summed E-state index contributed by atoms with van der Waals surface area (Å²) in [4.78, 5) is 21.4. The van der Waals surface area contributed by atoms with Crippen LogP contribution >= 0.6 is 0 Å². The maximum absolute atomic E-state index is 13.2. The zero-order chi connectivity index (χ0) is 26.3. The fraction of sp³-hybridized carbons (Fsp3) is 0.292. The van der Waals surface area contributed by atoms with Crippen molar-refractivity contribution in [2.75, 3.05) is 7.11 Å². The molecule has 0 atom stereocenters. The zero-order valence-electron chi connectivity index (χ0n) is 20.5. The third kappa shape index (κ3) is 4.29. The number of aromatic nitrogens is 5. The molecule has 4 aromatic rings. The normalized spacial score (nSPS) is 11.9. The van der Waals surface area contributed by atoms with E-state index in [4.69, 9.17) is 4.74 Å². The third-order valence-electron chi connectivity index (χ3n) is 5.69. The highest BCUT2D eigenvalue weighted by Gasteiger charge is 2.34. The van der Waals surface area contributed by atoms with Crippen molar-refractivity contribution in [3.8, 4) is 23.2 Å². The minimum atomic E-state index is -3.74. The molecular formula is C24H25N7O4S. The van der Waals surface area contributed by atoms with Crippen LogP contribution in [0.4, 0.5) is 0 Å². The third-order valence-corrected chi connectivity index (χ3v) is 8.19. The summed E-state index contributed by atoms with van der Waals surface area (Å²) in [6, 6.07) is 8.47. The lowest BCUT2D eigenvalue weighted by atomic mass is 10.2. The Labute approximate surface area is 208 Å². The first-order valence-electron chi connectivity index (χ1n) is 10.9. The van der Waals surface area contributed by atoms with E-state index in [0.29, 0.717) is 28.3 Å². The number of imidazole rings is 1. The second-order valence-electron chi connectivity index (χ2n) is 9.02. The minimum Gasteiger partial charge on any atom is -0.495 e. The molecule has 1 N–H and O–H groups in total. The lowest BCUT2D eigenvalue weighted by Crippen LogP contribution is -2.28. The molecule has 11 nitrogen and oxygen atoms in total. The number of aryl methyl sites for hydroxylation is 1. The van der Waals surface area contributed by atoms with Crippen molar-refractivity contribution >= 4 is 21.4 Å². The van der Waals surface area contributed by atoms with Gasteiger partial charge in [0, 0.05) is 25.5 Å². The number of amides is 1. The molecule has 0 unspecified atom stereocenters. The quantitative estimate of drug-likeness (QED) is 0.419. The number of fused-ring (bicyclic) bond motifs is 1. The lowest BCUT2D eigenvalue weighted by Gasteiger charge is -2.21. The van der Waals surface area contributed by atoms with Crippen molar-refractivity contribution in [1.82, 2.24) is 29.5 Å². The van der Waals surface area contributed by atoms with Crippen molar-refractivity contribution in [3.05, 3.63) is 59.8 Å². The van der Waals surface area contributed by atoms with Gasteiger partial charge < -0.3 is 10.1 Å². The predicted octanol–water partition coefficient (Wildman–Crippen LogP) is 2.51. The van der Waals surface area contributed by atoms with Crippen molar-refractivity contribution in [3.63, 3.8) is 0 Å². The van der Waals surface area contributed by atoms with E-state index in [1.807, 2.05) is 6.07 Å². The molecule has 0 aliphatic heterocycles. The van der Waals surface area contributed by atoms with Crippen molar-refractivity contribution < 1.29 is 17.9 Å². The number of pyridine rings is 2. The first-order valence-corrected chi connectivity index (χ1v) is 12.4. The van der Waals surface area contributed by atoms with E-state index < -0.39 is 20.5 Å². The molecule has 0 saturated carbocycles. The molecule has 0 saturated heterocycles. The first-order chi connectivity index (χ1) is 17.0. The summed E-state index contributed by atoms with van der Waals surface area (Å²) in [5.74, 6) is -0.209. The second-order valence-corrected chi connectivity index (χ2v) is 11.7. The Hall–Kier alpha value is -4.24. The molecule has 4 aromatic heterocycles. The number of hydrogen-bond donors (Lipinski definition) is 1. The van der Waals surface area contributed by atoms with Gasteiger partial charge in [-0.1, -0.05) is 0 Å². The highest BCUT2D eigenvalue weighted by atomic mass is 32.2. The van der Waals surface area contributed by atoms with Crippen LogP contribution in [-0.4, -0.2) is 50.3 Å². The second kappa shape index (κ2) is 9.09. The number of carbonyl (C=O) groups is 1. The molecule has 0 aliphatic carbocycles. The van der Waals surface area contributed by atoms with Crippen molar-refractivity contribution in [2.24, 2.45) is 7.05 Å². The molecule has 0 aromatic carbocycles. The molecule has 1 amide bonds. The largest absolute Gasteiger partial charge is 0.495 e. The summed E-state index contributed by atoms with van der Waals surface area (Å²) in [6.45, 7) is 4.94. The van der Waals surface area contributed by atoms with Crippen LogP contribution in [0.5, 0.6) is 5.75 Å². The molecular weight excluding hydrogens is 482 g/mol. The van der Waals surface area contributed by atoms with E-state index in [0.717, 1.165) is 0 Å². The average molecular weight is 508 g/mol. The molecule has 0 spiro atoms. The summed E-state index contributed by atoms with van der Waals surface area (Å²) in [6.07, 6.45) is 4.58. The summed E-state index contributed by atoms with van der Waals surface area (Å²) in [5, 5.41) is 16.4. The van der Waals surface area contributed by atoms with Gasteiger partial charge in [0.15, 0.2) is 9.84 Å². The van der Waals surface area contributed by atoms with Crippen LogP contribution < -0.4 is 10.1 Å². The smallest absolute Gasteiger partial charge is 0.269 e. The number of methoxy groups -OCH3 is 1. The zero-order valence-corrected chi connectivity index (χ0v) is 21.3. The van der Waals surface area contributed by atoms with Gasteiger partial charge >= 0.3 is 0 Å². The van der Waals surface area contributed by atoms with Crippen molar-refractivity contribution in [2.45, 2.75) is 37.0 Å². The molecule has 186 valence electrons. The number of sulfone groups is 1. The van der Waals surface area contributed by atoms with Gasteiger partial charge in [0.05, 0.1) is 41.5 Å². The number of ether oxygens (including phenoxy) is 1. The Kier molecular flexibility index (Phi) is 6.28. The fourth-order valence-electron chi connectivity index (χ4n) is 3.61. The number of carbonyl (C=O) groups excluding carboxylic acids is 1. The monoisotopic (exact) mass is 507 g/mol. The molecule has 4 heterocycles. The number of hydrogen-bond acceptors (Lipinski definition) is 8. The summed E-state index contributed by atoms with van der Waals surface area (Å²) in [7, 11) is -0.701. The van der Waals surface area contributed by atoms with Crippen LogP contribution in [0.2, 0.25) is 0 Å². The van der Waals surface area contributed by atoms with Crippen LogP contribution in [0, 0.1) is 11.3 Å². The lowest BCUT2D eigenvalue weighted by molar-refractivity contribution is 0.0941. The maximum Gasteiger partial charge on any atom is 0.269 e. The summed E-state index contributed by atoms with van der Waals surface area (Å²) >= 11 is 0. The topological polar surface area (TPSA) is 144 Å². The van der Waals surface area contributed by atoms with E-state index in [2.05, 4.69) is 20.4 Å². The van der Waals surface area contributed by atoms with E-state index in [9.17, 15) is 18.5 Å². The Morgan fingerprint density at radius 2 is 2.00 bits per heavy atom. The Bertz CT molecular complexity index is 1620. The fourth-order valence-corrected chi connectivity index (χ4v) is 4.92. The van der Waals surface area contributed by atoms with Gasteiger partial charge in [0.2, 0.25) is 0 Å². The molecule has 0 aliphatic rings. The van der Waals surface area contributed by atoms with Gasteiger partial charge in [-0.3, -0.25) is 18.9 Å². The molecule has 4 rings (SSSR count). The minimum absolute atomic E-state index is 0.0294. The summed E-state index contributed by atoms with van der Waals surface area (Å²) in [5.41, 5.74) is 2.50. The van der Waals surface area contributed by atoms with E-state index in [1.165, 1.54) is 18.0 Å². The number of nitriles is 1. The van der Waals surface area contributed by atoms with Gasteiger partial charge in [-0.15, -0.1) is 0 Å². The number of rotatable bonds is 6. The molecule has 0 radical (unpaired) electrons. The van der Waals surface area contributed by atoms with Gasteiger partial charge in [0.1, 0.15) is 33.7 Å². The number of nitrogens with one attached hydrogen (secondary N) is 1. The van der Waals surface area contributed by atoms with Gasteiger partial charge in [-0.05, 0) is 39.0 Å². The van der Waals surface area contributed by atoms with Gasteiger partial charge in [0.25, 0.3) is 5.91 Å². The van der Waals surface area contributed by atoms with Crippen LogP contribution in [0.3, 0.4) is 0 Å². The van der Waals surface area contributed by atoms with Crippen molar-refractivity contribution in [1.29, 1.82) is 5.26 Å². The Morgan fingerprint density at radius 3 is 2.67 bits per heavy atom. The average Bonchev–Trinajstić information content (AvgIpc) is 3.43. The Morgan fingerprint density at radius 1 is 1.25 bits per heavy atom. The summed E-state index contributed by atoms with van der Waals surface area (Å²) < 4.78 is 33.8. The van der Waals surface area contributed by atoms with E-state index in [-0.39, 0.29) is 22.9 Å². The molecule has 0 bridgehead atoms. The maximum atomic E-state index is 13.2. The van der Waals surface area contributed by atoms with Crippen LogP contribution in [0.25, 0.3) is 17.0 Å². The van der Waals surface area contributed by atoms with Crippen LogP contribution in [0.15, 0.2) is 47.8 Å². The molecule has 12 heteroatoms. The van der Waals surface area contributed by atoms with Crippen LogP contribution in [0.1, 0.15) is 42.5 Å². The van der Waals surface area contributed by atoms with E-state index >= 15 is 0 Å². The van der Waals surface area contributed by atoms with E-state index in [1.54, 1.807) is 68.9 Å². The molecule has 36 heavy (non-hydrogen) atoms. The standard InChI is InChI=1S/C24H25N7O4S/c1-24(2,3)36(33,34)21-14-31-19(13-27-22(31)10-20(21)35-5)16-9-18(30(4)29-16)23(32)28-12-17-15(11-25)7-6-8-26-17/h6-10,13-14H,12H2,1-5H3,(H,28,32). The van der Waals surface area contributed by atoms with Crippen LogP contribution in [-0.2, 0) is 23.4 Å². The SMILES string of the molecule is COc1cc2ncc(-c3cc(C(=O)NCc4ncccc4C#N)n(C)n3)n2cc1S(=O)(=O)C(C)(C)C. The van der Waals surface area contributed by atoms with Gasteiger partial charge in [-0.25, -0.2) is 13.4 Å².